The number of rotatable bonds is 16. The van der Waals surface area contributed by atoms with Gasteiger partial charge in [-0.3, -0.25) is 14.4 Å². The average molecular weight is 711 g/mol. The lowest BCUT2D eigenvalue weighted by Gasteiger charge is -2.07. The second kappa shape index (κ2) is 25.2. The number of hydrogen-bond acceptors (Lipinski definition) is 9. The molecule has 2 rings (SSSR count). The summed E-state index contributed by atoms with van der Waals surface area (Å²) in [5.74, 6) is 0.135. The van der Waals surface area contributed by atoms with Gasteiger partial charge in [-0.05, 0) is 60.1 Å². The van der Waals surface area contributed by atoms with Gasteiger partial charge in [0.05, 0.1) is 44.8 Å². The van der Waals surface area contributed by atoms with Crippen LogP contribution in [-0.2, 0) is 28.3 Å². The number of halogens is 5. The molecule has 10 nitrogen and oxygen atoms in total. The topological polar surface area (TPSA) is 143 Å². The molecule has 0 saturated heterocycles. The van der Waals surface area contributed by atoms with Gasteiger partial charge >= 0.3 is 17.9 Å². The molecule has 0 aromatic heterocycles. The first kappa shape index (κ1) is 39.7. The summed E-state index contributed by atoms with van der Waals surface area (Å²) in [7, 11) is 7.36. The first-order chi connectivity index (χ1) is 20.0. The molecular weight excluding hydrogens is 682 g/mol. The van der Waals surface area contributed by atoms with E-state index < -0.39 is 20.4 Å². The Morgan fingerprint density at radius 1 is 0.667 bits per heavy atom. The smallest absolute Gasteiger partial charge is 0.335 e. The van der Waals surface area contributed by atoms with Gasteiger partial charge < -0.3 is 24.1 Å². The van der Waals surface area contributed by atoms with Crippen molar-refractivity contribution in [1.82, 2.24) is 0 Å². The number of esters is 2. The van der Waals surface area contributed by atoms with Crippen LogP contribution in [0.2, 0.25) is 0 Å². The van der Waals surface area contributed by atoms with Crippen molar-refractivity contribution >= 4 is 88.5 Å². The van der Waals surface area contributed by atoms with Crippen molar-refractivity contribution in [3.63, 3.8) is 0 Å². The Morgan fingerprint density at radius 2 is 1.02 bits per heavy atom. The van der Waals surface area contributed by atoms with Gasteiger partial charge in [-0.1, -0.05) is 0 Å². The Hall–Kier alpha value is -2.28. The summed E-state index contributed by atoms with van der Waals surface area (Å²) in [5.41, 5.74) is 0.631. The van der Waals surface area contributed by atoms with Gasteiger partial charge in [0.25, 0.3) is 5.24 Å². The van der Waals surface area contributed by atoms with Gasteiger partial charge in [0.15, 0.2) is 0 Å². The zero-order valence-corrected chi connectivity index (χ0v) is 26.7. The number of carboxylic acid groups (broad SMARTS) is 1. The van der Waals surface area contributed by atoms with E-state index in [0.717, 1.165) is 0 Å². The van der Waals surface area contributed by atoms with Crippen LogP contribution < -0.4 is 9.47 Å². The zero-order valence-electron chi connectivity index (χ0n) is 22.1. The summed E-state index contributed by atoms with van der Waals surface area (Å²) in [6.45, 7) is 1.39. The predicted molar refractivity (Wildman–Crippen MR) is 163 cm³/mol. The van der Waals surface area contributed by atoms with Crippen molar-refractivity contribution in [2.75, 3.05) is 38.2 Å². The van der Waals surface area contributed by atoms with E-state index in [-0.39, 0.29) is 48.7 Å². The normalized spacial score (nSPS) is 9.86. The fourth-order valence-electron chi connectivity index (χ4n) is 2.54. The van der Waals surface area contributed by atoms with Gasteiger partial charge in [-0.25, -0.2) is 9.00 Å². The van der Waals surface area contributed by atoms with Gasteiger partial charge in [-0.15, -0.1) is 23.2 Å². The standard InChI is InChI=1S/C13H14Cl2O4.C13H15ClO5.Cl2OS/c14-7-6-12(16)19-9-1-8-18-11-4-2-10(3-5-11)13(15)17;14-7-6-12(15)19-9-1-8-18-11-4-2-10(3-5-11)13(16)17;1-4(2)3/h2-5H,1,6-9H2;2-5H,1,6-9H2,(H,16,17);. The van der Waals surface area contributed by atoms with Crippen LogP contribution in [0.4, 0.5) is 0 Å². The highest BCUT2D eigenvalue weighted by molar-refractivity contribution is 8.26. The molecule has 16 heteroatoms. The third-order valence-corrected chi connectivity index (χ3v) is 5.02. The van der Waals surface area contributed by atoms with Gasteiger partial charge in [0.1, 0.15) is 11.5 Å². The van der Waals surface area contributed by atoms with Crippen LogP contribution in [0.15, 0.2) is 48.5 Å². The minimum absolute atomic E-state index is 0.207. The number of carbonyl (C=O) groups is 4. The molecule has 0 amide bonds. The maximum Gasteiger partial charge on any atom is 0.335 e. The lowest BCUT2D eigenvalue weighted by Crippen LogP contribution is -2.09. The molecule has 0 radical (unpaired) electrons. The van der Waals surface area contributed by atoms with E-state index >= 15 is 0 Å². The molecule has 0 aliphatic rings. The molecule has 0 fully saturated rings. The minimum Gasteiger partial charge on any atom is -0.493 e. The summed E-state index contributed by atoms with van der Waals surface area (Å²) in [4.78, 5) is 43.4. The Morgan fingerprint density at radius 3 is 1.33 bits per heavy atom. The van der Waals surface area contributed by atoms with Gasteiger partial charge in [0, 0.05) is 51.5 Å². The number of hydrogen-bond donors (Lipinski definition) is 1. The number of carbonyl (C=O) groups excluding carboxylic acids is 3. The molecule has 42 heavy (non-hydrogen) atoms. The molecule has 0 atom stereocenters. The molecular formula is C26H29Cl5O10S. The van der Waals surface area contributed by atoms with E-state index in [9.17, 15) is 19.2 Å². The van der Waals surface area contributed by atoms with Crippen molar-refractivity contribution in [2.24, 2.45) is 0 Å². The van der Waals surface area contributed by atoms with Crippen molar-refractivity contribution in [3.05, 3.63) is 59.7 Å². The van der Waals surface area contributed by atoms with E-state index in [1.165, 1.54) is 12.1 Å². The quantitative estimate of drug-likeness (QED) is 0.0903. The molecule has 0 saturated carbocycles. The highest BCUT2D eigenvalue weighted by atomic mass is 36.0. The van der Waals surface area contributed by atoms with E-state index in [1.807, 2.05) is 0 Å². The van der Waals surface area contributed by atoms with Crippen LogP contribution in [0, 0.1) is 0 Å². The van der Waals surface area contributed by atoms with E-state index in [1.54, 1.807) is 36.4 Å². The van der Waals surface area contributed by atoms with Gasteiger partial charge in [0.2, 0.25) is 9.23 Å². The number of alkyl halides is 2. The highest BCUT2D eigenvalue weighted by Gasteiger charge is 2.04. The fraction of sp³-hybridized carbons (Fsp3) is 0.385. The fourth-order valence-corrected chi connectivity index (χ4v) is 2.98. The lowest BCUT2D eigenvalue weighted by molar-refractivity contribution is -0.144. The summed E-state index contributed by atoms with van der Waals surface area (Å²) >= 11 is 16.1. The summed E-state index contributed by atoms with van der Waals surface area (Å²) < 4.78 is 29.7. The largest absolute Gasteiger partial charge is 0.493 e. The Labute approximate surface area is 269 Å². The first-order valence-corrected chi connectivity index (χ1v) is 16.3. The molecule has 0 aliphatic heterocycles. The third kappa shape index (κ3) is 22.3. The highest BCUT2D eigenvalue weighted by Crippen LogP contribution is 2.14. The van der Waals surface area contributed by atoms with Crippen LogP contribution in [0.3, 0.4) is 0 Å². The SMILES string of the molecule is O=C(CCCl)OCCCOc1ccc(C(=O)Cl)cc1.O=C(CCCl)OCCCOc1ccc(C(=O)O)cc1.O=S(Cl)Cl. The molecule has 2 aromatic carbocycles. The molecule has 0 heterocycles. The maximum atomic E-state index is 11.0. The Kier molecular flexibility index (Phi) is 23.9. The Bertz CT molecular complexity index is 1020. The molecule has 0 spiro atoms. The predicted octanol–water partition coefficient (Wildman–Crippen LogP) is 6.38. The van der Waals surface area contributed by atoms with Crippen LogP contribution in [0.25, 0.3) is 0 Å². The van der Waals surface area contributed by atoms with Crippen molar-refractivity contribution in [3.8, 4) is 11.5 Å². The maximum absolute atomic E-state index is 11.0. The monoisotopic (exact) mass is 708 g/mol. The second-order valence-electron chi connectivity index (χ2n) is 7.53. The summed E-state index contributed by atoms with van der Waals surface area (Å²) in [6.07, 6.45) is 1.58. The van der Waals surface area contributed by atoms with Gasteiger partial charge in [-0.2, -0.15) is 0 Å². The Balaban J connectivity index is 0.000000710. The van der Waals surface area contributed by atoms with Crippen molar-refractivity contribution in [2.45, 2.75) is 25.7 Å². The minimum atomic E-state index is -1.67. The molecule has 0 aliphatic carbocycles. The molecule has 0 unspecified atom stereocenters. The van der Waals surface area contributed by atoms with Crippen LogP contribution in [0.1, 0.15) is 46.4 Å². The molecule has 2 aromatic rings. The van der Waals surface area contributed by atoms with Crippen molar-refractivity contribution in [1.29, 1.82) is 0 Å². The third-order valence-electron chi connectivity index (χ3n) is 4.42. The molecule has 1 N–H and O–H groups in total. The summed E-state index contributed by atoms with van der Waals surface area (Å²) in [5, 5.41) is 8.22. The number of ether oxygens (including phenoxy) is 4. The van der Waals surface area contributed by atoms with Crippen LogP contribution in [0.5, 0.6) is 11.5 Å². The van der Waals surface area contributed by atoms with E-state index in [0.29, 0.717) is 49.7 Å². The number of benzene rings is 2. The zero-order chi connectivity index (χ0) is 31.8. The number of carboxylic acids is 1. The second-order valence-corrected chi connectivity index (χ2v) is 11.2. The molecule has 234 valence electrons. The summed E-state index contributed by atoms with van der Waals surface area (Å²) in [6, 6.07) is 12.6. The van der Waals surface area contributed by atoms with Crippen LogP contribution >= 0.6 is 56.2 Å². The number of aromatic carboxylic acids is 1. The molecule has 0 bridgehead atoms. The van der Waals surface area contributed by atoms with Crippen LogP contribution in [-0.4, -0.2) is 70.7 Å². The van der Waals surface area contributed by atoms with E-state index in [4.69, 9.17) is 63.1 Å². The average Bonchev–Trinajstić information content (AvgIpc) is 2.93. The van der Waals surface area contributed by atoms with E-state index in [2.05, 4.69) is 21.4 Å². The lowest BCUT2D eigenvalue weighted by atomic mass is 10.2. The first-order valence-electron chi connectivity index (χ1n) is 12.1. The van der Waals surface area contributed by atoms with Crippen molar-refractivity contribution < 1.29 is 47.4 Å².